The standard InChI is InChI=1S/C14H20N6O2/c21-20(22)14-11-16-13-6-5-12(17-19(13)14)15-7-4-10-18-8-2-1-3-9-18/h5-6,11H,1-4,7-10H2,(H,15,17). The average Bonchev–Trinajstić information content (AvgIpc) is 2.96. The molecule has 1 aliphatic rings. The van der Waals surface area contributed by atoms with Crippen LogP contribution in [-0.4, -0.2) is 50.6 Å². The van der Waals surface area contributed by atoms with Crippen LogP contribution in [0.3, 0.4) is 0 Å². The van der Waals surface area contributed by atoms with Crippen LogP contribution in [0.2, 0.25) is 0 Å². The molecule has 118 valence electrons. The van der Waals surface area contributed by atoms with E-state index in [2.05, 4.69) is 20.3 Å². The molecular weight excluding hydrogens is 284 g/mol. The van der Waals surface area contributed by atoms with Crippen molar-refractivity contribution in [2.75, 3.05) is 31.5 Å². The summed E-state index contributed by atoms with van der Waals surface area (Å²) in [7, 11) is 0. The zero-order chi connectivity index (χ0) is 15.4. The van der Waals surface area contributed by atoms with Crippen molar-refractivity contribution in [3.8, 4) is 0 Å². The monoisotopic (exact) mass is 304 g/mol. The van der Waals surface area contributed by atoms with Gasteiger partial charge in [0.25, 0.3) is 0 Å². The van der Waals surface area contributed by atoms with Gasteiger partial charge in [-0.1, -0.05) is 16.0 Å². The highest BCUT2D eigenvalue weighted by Crippen LogP contribution is 2.14. The van der Waals surface area contributed by atoms with Gasteiger partial charge in [0.1, 0.15) is 6.20 Å². The van der Waals surface area contributed by atoms with E-state index in [0.717, 1.165) is 19.5 Å². The molecule has 0 radical (unpaired) electrons. The van der Waals surface area contributed by atoms with Gasteiger partial charge in [0.2, 0.25) is 5.65 Å². The summed E-state index contributed by atoms with van der Waals surface area (Å²) in [6.07, 6.45) is 6.21. The zero-order valence-corrected chi connectivity index (χ0v) is 12.4. The Morgan fingerprint density at radius 2 is 2.09 bits per heavy atom. The van der Waals surface area contributed by atoms with Gasteiger partial charge in [0.15, 0.2) is 5.82 Å². The molecule has 0 unspecified atom stereocenters. The van der Waals surface area contributed by atoms with Crippen molar-refractivity contribution in [2.45, 2.75) is 25.7 Å². The fourth-order valence-corrected chi connectivity index (χ4v) is 2.78. The molecule has 3 heterocycles. The largest absolute Gasteiger partial charge is 0.368 e. The van der Waals surface area contributed by atoms with E-state index in [1.54, 1.807) is 12.1 Å². The smallest absolute Gasteiger partial charge is 0.367 e. The van der Waals surface area contributed by atoms with Crippen LogP contribution in [0.1, 0.15) is 25.7 Å². The quantitative estimate of drug-likeness (QED) is 0.498. The van der Waals surface area contributed by atoms with Crippen LogP contribution < -0.4 is 5.32 Å². The van der Waals surface area contributed by atoms with Gasteiger partial charge in [-0.25, -0.2) is 4.98 Å². The van der Waals surface area contributed by atoms with E-state index >= 15 is 0 Å². The lowest BCUT2D eigenvalue weighted by atomic mass is 10.1. The molecule has 22 heavy (non-hydrogen) atoms. The molecule has 3 rings (SSSR count). The highest BCUT2D eigenvalue weighted by molar-refractivity contribution is 5.48. The third-order valence-corrected chi connectivity index (χ3v) is 3.94. The SMILES string of the molecule is O=[N+]([O-])c1cnc2ccc(NCCCN3CCCCC3)nn12. The number of rotatable bonds is 6. The van der Waals surface area contributed by atoms with Gasteiger partial charge in [-0.15, -0.1) is 0 Å². The molecule has 8 heteroatoms. The number of aromatic nitrogens is 3. The number of fused-ring (bicyclic) bond motifs is 1. The molecule has 0 aromatic carbocycles. The van der Waals surface area contributed by atoms with Gasteiger partial charge < -0.3 is 20.3 Å². The topological polar surface area (TPSA) is 88.6 Å². The van der Waals surface area contributed by atoms with Crippen molar-refractivity contribution in [1.29, 1.82) is 0 Å². The number of imidazole rings is 1. The normalized spacial score (nSPS) is 16.0. The summed E-state index contributed by atoms with van der Waals surface area (Å²) in [5.41, 5.74) is 0.477. The summed E-state index contributed by atoms with van der Waals surface area (Å²) in [5.74, 6) is 0.513. The summed E-state index contributed by atoms with van der Waals surface area (Å²) in [6, 6.07) is 3.53. The maximum absolute atomic E-state index is 10.9. The highest BCUT2D eigenvalue weighted by Gasteiger charge is 2.15. The zero-order valence-electron chi connectivity index (χ0n) is 12.4. The van der Waals surface area contributed by atoms with Gasteiger partial charge in [-0.05, 0) is 49.9 Å². The summed E-state index contributed by atoms with van der Waals surface area (Å²) in [5, 5.41) is 18.4. The molecule has 2 aromatic rings. The van der Waals surface area contributed by atoms with Gasteiger partial charge in [-0.3, -0.25) is 0 Å². The van der Waals surface area contributed by atoms with Crippen LogP contribution in [0.4, 0.5) is 11.6 Å². The Labute approximate surface area is 128 Å². The summed E-state index contributed by atoms with van der Waals surface area (Å²) in [4.78, 5) is 16.9. The molecule has 0 aliphatic carbocycles. The molecule has 2 aromatic heterocycles. The summed E-state index contributed by atoms with van der Waals surface area (Å²) in [6.45, 7) is 4.29. The van der Waals surface area contributed by atoms with Crippen LogP contribution >= 0.6 is 0 Å². The second kappa shape index (κ2) is 6.69. The number of piperidine rings is 1. The average molecular weight is 304 g/mol. The third kappa shape index (κ3) is 3.33. The van der Waals surface area contributed by atoms with Crippen LogP contribution in [0.15, 0.2) is 18.3 Å². The minimum Gasteiger partial charge on any atom is -0.367 e. The highest BCUT2D eigenvalue weighted by atomic mass is 16.6. The van der Waals surface area contributed by atoms with Crippen molar-refractivity contribution < 1.29 is 4.92 Å². The lowest BCUT2D eigenvalue weighted by Gasteiger charge is -2.26. The predicted octanol–water partition coefficient (Wildman–Crippen LogP) is 1.93. The number of nitro groups is 1. The van der Waals surface area contributed by atoms with Gasteiger partial charge >= 0.3 is 5.82 Å². The first-order chi connectivity index (χ1) is 10.7. The van der Waals surface area contributed by atoms with Crippen molar-refractivity contribution in [1.82, 2.24) is 19.5 Å². The van der Waals surface area contributed by atoms with Gasteiger partial charge in [0.05, 0.1) is 0 Å². The Kier molecular flexibility index (Phi) is 4.47. The first kappa shape index (κ1) is 14.7. The Balaban J connectivity index is 1.54. The number of hydrogen-bond acceptors (Lipinski definition) is 6. The van der Waals surface area contributed by atoms with Gasteiger partial charge in [-0.2, -0.15) is 0 Å². The number of nitrogens with one attached hydrogen (secondary N) is 1. The maximum atomic E-state index is 10.9. The third-order valence-electron chi connectivity index (χ3n) is 3.94. The van der Waals surface area contributed by atoms with Crippen molar-refractivity contribution in [3.05, 3.63) is 28.4 Å². The van der Waals surface area contributed by atoms with Gasteiger partial charge in [0, 0.05) is 12.6 Å². The van der Waals surface area contributed by atoms with Crippen LogP contribution in [0, 0.1) is 10.1 Å². The van der Waals surface area contributed by atoms with Crippen LogP contribution in [0.25, 0.3) is 5.65 Å². The van der Waals surface area contributed by atoms with Crippen LogP contribution in [0.5, 0.6) is 0 Å². The fourth-order valence-electron chi connectivity index (χ4n) is 2.78. The van der Waals surface area contributed by atoms with E-state index in [9.17, 15) is 10.1 Å². The number of anilines is 1. The van der Waals surface area contributed by atoms with E-state index in [1.807, 2.05) is 0 Å². The lowest BCUT2D eigenvalue weighted by molar-refractivity contribution is -0.391. The summed E-state index contributed by atoms with van der Waals surface area (Å²) >= 11 is 0. The van der Waals surface area contributed by atoms with E-state index in [1.165, 1.54) is 43.1 Å². The molecule has 1 N–H and O–H groups in total. The number of nitrogens with zero attached hydrogens (tertiary/aromatic N) is 5. The number of likely N-dealkylation sites (tertiary alicyclic amines) is 1. The number of hydrogen-bond donors (Lipinski definition) is 1. The Bertz CT molecular complexity index is 650. The molecule has 0 spiro atoms. The second-order valence-corrected chi connectivity index (χ2v) is 5.54. The maximum Gasteiger partial charge on any atom is 0.368 e. The van der Waals surface area contributed by atoms with E-state index in [-0.39, 0.29) is 5.82 Å². The predicted molar refractivity (Wildman–Crippen MR) is 83.0 cm³/mol. The first-order valence-corrected chi connectivity index (χ1v) is 7.69. The molecule has 8 nitrogen and oxygen atoms in total. The molecule has 0 amide bonds. The summed E-state index contributed by atoms with van der Waals surface area (Å²) < 4.78 is 1.26. The molecular formula is C14H20N6O2. The van der Waals surface area contributed by atoms with E-state index in [0.29, 0.717) is 11.5 Å². The minimum atomic E-state index is -0.479. The molecule has 1 fully saturated rings. The van der Waals surface area contributed by atoms with Crippen molar-refractivity contribution >= 4 is 17.3 Å². The molecule has 0 atom stereocenters. The van der Waals surface area contributed by atoms with Crippen molar-refractivity contribution in [2.24, 2.45) is 0 Å². The molecule has 0 saturated carbocycles. The fraction of sp³-hybridized carbons (Fsp3) is 0.571. The van der Waals surface area contributed by atoms with E-state index < -0.39 is 4.92 Å². The van der Waals surface area contributed by atoms with E-state index in [4.69, 9.17) is 0 Å². The lowest BCUT2D eigenvalue weighted by Crippen LogP contribution is -2.31. The Hall–Kier alpha value is -2.22. The molecule has 0 bridgehead atoms. The Morgan fingerprint density at radius 1 is 1.27 bits per heavy atom. The molecule has 1 saturated heterocycles. The minimum absolute atomic E-state index is 0.119. The van der Waals surface area contributed by atoms with Crippen molar-refractivity contribution in [3.63, 3.8) is 0 Å². The Morgan fingerprint density at radius 3 is 2.86 bits per heavy atom. The first-order valence-electron chi connectivity index (χ1n) is 7.69. The second-order valence-electron chi connectivity index (χ2n) is 5.54. The van der Waals surface area contributed by atoms with Crippen LogP contribution in [-0.2, 0) is 0 Å². The molecule has 1 aliphatic heterocycles.